The lowest BCUT2D eigenvalue weighted by molar-refractivity contribution is 0.0511. The molecule has 0 saturated carbocycles. The predicted molar refractivity (Wildman–Crippen MR) is 74.0 cm³/mol. The van der Waals surface area contributed by atoms with E-state index in [0.717, 1.165) is 11.5 Å². The number of aliphatic hydroxyl groups excluding tert-OH is 1. The van der Waals surface area contributed by atoms with Crippen molar-refractivity contribution in [3.63, 3.8) is 0 Å². The third-order valence-electron chi connectivity index (χ3n) is 2.27. The molecule has 0 saturated heterocycles. The fourth-order valence-electron chi connectivity index (χ4n) is 1.32. The van der Waals surface area contributed by atoms with Gasteiger partial charge in [0.25, 0.3) is 0 Å². The summed E-state index contributed by atoms with van der Waals surface area (Å²) in [5.74, 6) is 1.73. The number of rotatable bonds is 10. The fraction of sp³-hybridized carbons (Fsp3) is 0.538. The first-order chi connectivity index (χ1) is 9.26. The Morgan fingerprint density at radius 2 is 1.84 bits per heavy atom. The van der Waals surface area contributed by atoms with Gasteiger partial charge in [-0.25, -0.2) is 0 Å². The molecule has 1 atom stereocenters. The number of ether oxygens (including phenoxy) is 3. The summed E-state index contributed by atoms with van der Waals surface area (Å²) in [6.07, 6.45) is -0.515. The SMILES string of the molecule is COCOc1ccc(OCCNCC(O)CCl)cc1. The van der Waals surface area contributed by atoms with E-state index >= 15 is 0 Å². The normalized spacial score (nSPS) is 12.2. The van der Waals surface area contributed by atoms with Crippen molar-refractivity contribution in [2.45, 2.75) is 6.10 Å². The van der Waals surface area contributed by atoms with Gasteiger partial charge >= 0.3 is 0 Å². The van der Waals surface area contributed by atoms with Gasteiger partial charge in [-0.15, -0.1) is 11.6 Å². The number of methoxy groups -OCH3 is 1. The van der Waals surface area contributed by atoms with Crippen LogP contribution in [-0.2, 0) is 4.74 Å². The van der Waals surface area contributed by atoms with Crippen molar-refractivity contribution >= 4 is 11.6 Å². The van der Waals surface area contributed by atoms with Crippen molar-refractivity contribution in [2.75, 3.05) is 39.5 Å². The van der Waals surface area contributed by atoms with Crippen molar-refractivity contribution in [2.24, 2.45) is 0 Å². The Morgan fingerprint density at radius 1 is 1.21 bits per heavy atom. The predicted octanol–water partition coefficient (Wildman–Crippen LogP) is 1.24. The summed E-state index contributed by atoms with van der Waals surface area (Å²) < 4.78 is 15.6. The minimum Gasteiger partial charge on any atom is -0.492 e. The first-order valence-corrected chi connectivity index (χ1v) is 6.59. The number of hydrogen-bond acceptors (Lipinski definition) is 5. The summed E-state index contributed by atoms with van der Waals surface area (Å²) in [5, 5.41) is 12.3. The summed E-state index contributed by atoms with van der Waals surface area (Å²) in [7, 11) is 1.58. The summed E-state index contributed by atoms with van der Waals surface area (Å²) in [6.45, 7) is 1.87. The van der Waals surface area contributed by atoms with Crippen LogP contribution in [0, 0.1) is 0 Å². The van der Waals surface area contributed by atoms with Crippen LogP contribution in [0.1, 0.15) is 0 Å². The molecule has 0 fully saturated rings. The van der Waals surface area contributed by atoms with Gasteiger partial charge < -0.3 is 24.6 Å². The van der Waals surface area contributed by atoms with E-state index in [1.54, 1.807) is 7.11 Å². The van der Waals surface area contributed by atoms with Crippen molar-refractivity contribution < 1.29 is 19.3 Å². The smallest absolute Gasteiger partial charge is 0.188 e. The zero-order valence-electron chi connectivity index (χ0n) is 11.0. The molecular weight excluding hydrogens is 270 g/mol. The van der Waals surface area contributed by atoms with Crippen molar-refractivity contribution in [1.29, 1.82) is 0 Å². The first-order valence-electron chi connectivity index (χ1n) is 6.05. The molecule has 0 spiro atoms. The van der Waals surface area contributed by atoms with Crippen LogP contribution >= 0.6 is 11.6 Å². The maximum absolute atomic E-state index is 9.22. The molecule has 108 valence electrons. The van der Waals surface area contributed by atoms with Gasteiger partial charge in [0.15, 0.2) is 6.79 Å². The highest BCUT2D eigenvalue weighted by Crippen LogP contribution is 2.17. The lowest BCUT2D eigenvalue weighted by Gasteiger charge is -2.10. The van der Waals surface area contributed by atoms with E-state index in [1.807, 2.05) is 24.3 Å². The highest BCUT2D eigenvalue weighted by molar-refractivity contribution is 6.18. The molecule has 0 aromatic heterocycles. The van der Waals surface area contributed by atoms with E-state index < -0.39 is 6.10 Å². The van der Waals surface area contributed by atoms with Crippen LogP contribution in [0.5, 0.6) is 11.5 Å². The quantitative estimate of drug-likeness (QED) is 0.385. The van der Waals surface area contributed by atoms with Crippen LogP contribution in [0.3, 0.4) is 0 Å². The Labute approximate surface area is 118 Å². The van der Waals surface area contributed by atoms with Crippen LogP contribution in [-0.4, -0.2) is 50.7 Å². The number of halogens is 1. The molecule has 1 unspecified atom stereocenters. The van der Waals surface area contributed by atoms with Gasteiger partial charge in [0.1, 0.15) is 18.1 Å². The number of aliphatic hydroxyl groups is 1. The van der Waals surface area contributed by atoms with Crippen LogP contribution in [0.4, 0.5) is 0 Å². The number of alkyl halides is 1. The van der Waals surface area contributed by atoms with Crippen LogP contribution in [0.25, 0.3) is 0 Å². The average Bonchev–Trinajstić information content (AvgIpc) is 2.45. The fourth-order valence-corrected chi connectivity index (χ4v) is 1.43. The Morgan fingerprint density at radius 3 is 2.42 bits per heavy atom. The maximum Gasteiger partial charge on any atom is 0.188 e. The van der Waals surface area contributed by atoms with Crippen molar-refractivity contribution in [3.05, 3.63) is 24.3 Å². The summed E-state index contributed by atoms with van der Waals surface area (Å²) in [6, 6.07) is 7.30. The molecule has 6 heteroatoms. The minimum absolute atomic E-state index is 0.229. The highest BCUT2D eigenvalue weighted by atomic mass is 35.5. The largest absolute Gasteiger partial charge is 0.492 e. The minimum atomic E-state index is -0.515. The summed E-state index contributed by atoms with van der Waals surface area (Å²) >= 11 is 5.47. The molecule has 0 bridgehead atoms. The third-order valence-corrected chi connectivity index (χ3v) is 2.63. The number of benzene rings is 1. The molecule has 2 N–H and O–H groups in total. The van der Waals surface area contributed by atoms with Crippen molar-refractivity contribution in [3.8, 4) is 11.5 Å². The lowest BCUT2D eigenvalue weighted by Crippen LogP contribution is -2.30. The standard InChI is InChI=1S/C13H20ClNO4/c1-17-10-19-13-4-2-12(3-5-13)18-7-6-15-9-11(16)8-14/h2-5,11,15-16H,6-10H2,1H3. The first kappa shape index (κ1) is 16.0. The Bertz CT molecular complexity index is 334. The molecule has 0 amide bonds. The summed E-state index contributed by atoms with van der Waals surface area (Å²) in [5.41, 5.74) is 0. The number of hydrogen-bond donors (Lipinski definition) is 2. The van der Waals surface area contributed by atoms with E-state index in [1.165, 1.54) is 0 Å². The van der Waals surface area contributed by atoms with Crippen LogP contribution in [0.15, 0.2) is 24.3 Å². The van der Waals surface area contributed by atoms with Gasteiger partial charge in [-0.2, -0.15) is 0 Å². The number of nitrogens with one attached hydrogen (secondary N) is 1. The lowest BCUT2D eigenvalue weighted by atomic mass is 10.3. The molecule has 5 nitrogen and oxygen atoms in total. The Balaban J connectivity index is 2.15. The second kappa shape index (κ2) is 9.86. The Hall–Kier alpha value is -1.01. The molecule has 1 aromatic rings. The van der Waals surface area contributed by atoms with Gasteiger partial charge in [0.2, 0.25) is 0 Å². The van der Waals surface area contributed by atoms with Gasteiger partial charge in [-0.05, 0) is 24.3 Å². The molecular formula is C13H20ClNO4. The zero-order valence-corrected chi connectivity index (χ0v) is 11.7. The molecule has 1 aromatic carbocycles. The molecule has 19 heavy (non-hydrogen) atoms. The third kappa shape index (κ3) is 7.22. The van der Waals surface area contributed by atoms with Crippen molar-refractivity contribution in [1.82, 2.24) is 5.32 Å². The monoisotopic (exact) mass is 289 g/mol. The van der Waals surface area contributed by atoms with E-state index in [2.05, 4.69) is 5.32 Å². The molecule has 0 radical (unpaired) electrons. The van der Waals surface area contributed by atoms with Gasteiger partial charge in [0.05, 0.1) is 6.10 Å². The van der Waals surface area contributed by atoms with Crippen LogP contribution < -0.4 is 14.8 Å². The average molecular weight is 290 g/mol. The second-order valence-electron chi connectivity index (χ2n) is 3.88. The van der Waals surface area contributed by atoms with E-state index in [0.29, 0.717) is 19.7 Å². The van der Waals surface area contributed by atoms with Gasteiger partial charge in [-0.3, -0.25) is 0 Å². The molecule has 0 aliphatic heterocycles. The van der Waals surface area contributed by atoms with Gasteiger partial charge in [-0.1, -0.05) is 0 Å². The molecule has 1 rings (SSSR count). The second-order valence-corrected chi connectivity index (χ2v) is 4.19. The molecule has 0 aliphatic carbocycles. The maximum atomic E-state index is 9.22. The van der Waals surface area contributed by atoms with Crippen LogP contribution in [0.2, 0.25) is 0 Å². The van der Waals surface area contributed by atoms with E-state index in [9.17, 15) is 5.11 Å². The van der Waals surface area contributed by atoms with E-state index in [-0.39, 0.29) is 12.7 Å². The van der Waals surface area contributed by atoms with Gasteiger partial charge in [0, 0.05) is 26.1 Å². The zero-order chi connectivity index (χ0) is 13.9. The Kier molecular flexibility index (Phi) is 8.33. The highest BCUT2D eigenvalue weighted by Gasteiger charge is 2.00. The van der Waals surface area contributed by atoms with E-state index in [4.69, 9.17) is 25.8 Å². The molecule has 0 heterocycles. The summed E-state index contributed by atoms with van der Waals surface area (Å²) in [4.78, 5) is 0. The topological polar surface area (TPSA) is 60.0 Å². The molecule has 0 aliphatic rings.